The van der Waals surface area contributed by atoms with Gasteiger partial charge >= 0.3 is 0 Å². The van der Waals surface area contributed by atoms with Gasteiger partial charge in [-0.2, -0.15) is 5.10 Å². The van der Waals surface area contributed by atoms with Gasteiger partial charge in [-0.1, -0.05) is 11.6 Å². The highest BCUT2D eigenvalue weighted by Crippen LogP contribution is 2.27. The van der Waals surface area contributed by atoms with Gasteiger partial charge in [0.15, 0.2) is 5.65 Å². The normalized spacial score (nSPS) is 12.1. The van der Waals surface area contributed by atoms with Crippen molar-refractivity contribution in [3.05, 3.63) is 29.5 Å². The molecule has 3 rings (SSSR count). The fourth-order valence-corrected chi connectivity index (χ4v) is 2.61. The van der Waals surface area contributed by atoms with E-state index < -0.39 is 9.05 Å². The summed E-state index contributed by atoms with van der Waals surface area (Å²) in [5, 5.41) is 7.85. The minimum atomic E-state index is -3.76. The summed E-state index contributed by atoms with van der Waals surface area (Å²) in [7, 11) is 1.51. The number of nitrogens with one attached hydrogen (secondary N) is 2. The van der Waals surface area contributed by atoms with Crippen molar-refractivity contribution in [1.82, 2.24) is 20.2 Å². The molecule has 2 N–H and O–H groups in total. The number of halogens is 2. The van der Waals surface area contributed by atoms with Crippen LogP contribution in [-0.2, 0) is 9.05 Å². The van der Waals surface area contributed by atoms with Crippen molar-refractivity contribution in [1.29, 1.82) is 0 Å². The maximum Gasteiger partial charge on any atom is 0.262 e. The van der Waals surface area contributed by atoms with Crippen molar-refractivity contribution in [2.24, 2.45) is 0 Å². The lowest BCUT2D eigenvalue weighted by atomic mass is 10.2. The van der Waals surface area contributed by atoms with E-state index in [9.17, 15) is 8.42 Å². The summed E-state index contributed by atoms with van der Waals surface area (Å²) in [4.78, 5) is 6.86. The van der Waals surface area contributed by atoms with Crippen LogP contribution >= 0.6 is 22.3 Å². The fourth-order valence-electron chi connectivity index (χ4n) is 1.74. The number of H-pyrrole nitrogens is 2. The number of rotatable bonds is 2. The molecular weight excluding hydrogens is 311 g/mol. The first kappa shape index (κ1) is 12.5. The van der Waals surface area contributed by atoms with E-state index >= 15 is 0 Å². The Balaban J connectivity index is 2.17. The van der Waals surface area contributed by atoms with E-state index in [1.54, 1.807) is 12.1 Å². The molecule has 19 heavy (non-hydrogen) atoms. The third kappa shape index (κ3) is 2.20. The molecule has 0 saturated carbocycles. The number of pyridine rings is 1. The standard InChI is InChI=1S/C10H6Cl2N4O2S/c11-8-2-1-6-9(15-16-10(6)14-8)7-3-5(4-13-7)19(12,17)18/h1-4,13H,(H,14,15,16). The lowest BCUT2D eigenvalue weighted by molar-refractivity contribution is 0.609. The Kier molecular flexibility index (Phi) is 2.77. The predicted octanol–water partition coefficient (Wildman–Crippen LogP) is 2.53. The molecule has 6 nitrogen and oxygen atoms in total. The van der Waals surface area contributed by atoms with Gasteiger partial charge in [-0.15, -0.1) is 0 Å². The van der Waals surface area contributed by atoms with Crippen LogP contribution in [0.3, 0.4) is 0 Å². The molecule has 0 aliphatic heterocycles. The third-order valence-electron chi connectivity index (χ3n) is 2.59. The highest BCUT2D eigenvalue weighted by molar-refractivity contribution is 8.13. The fraction of sp³-hybridized carbons (Fsp3) is 0. The second-order valence-corrected chi connectivity index (χ2v) is 6.74. The van der Waals surface area contributed by atoms with Gasteiger partial charge in [-0.05, 0) is 18.2 Å². The van der Waals surface area contributed by atoms with Crippen LogP contribution in [0.25, 0.3) is 22.4 Å². The maximum atomic E-state index is 11.2. The van der Waals surface area contributed by atoms with Crippen LogP contribution in [0.2, 0.25) is 5.15 Å². The first-order chi connectivity index (χ1) is 8.95. The van der Waals surface area contributed by atoms with Crippen molar-refractivity contribution in [3.8, 4) is 11.4 Å². The second-order valence-electron chi connectivity index (χ2n) is 3.79. The van der Waals surface area contributed by atoms with Crippen LogP contribution in [0.5, 0.6) is 0 Å². The summed E-state index contributed by atoms with van der Waals surface area (Å²) >= 11 is 5.77. The number of aromatic amines is 2. The second kappa shape index (κ2) is 4.22. The van der Waals surface area contributed by atoms with Crippen molar-refractivity contribution in [3.63, 3.8) is 0 Å². The average molecular weight is 317 g/mol. The molecule has 3 aromatic heterocycles. The first-order valence-corrected chi connectivity index (χ1v) is 7.78. The molecule has 0 radical (unpaired) electrons. The van der Waals surface area contributed by atoms with Crippen molar-refractivity contribution < 1.29 is 8.42 Å². The summed E-state index contributed by atoms with van der Waals surface area (Å²) in [6.07, 6.45) is 1.31. The maximum absolute atomic E-state index is 11.2. The monoisotopic (exact) mass is 316 g/mol. The van der Waals surface area contributed by atoms with E-state index in [0.29, 0.717) is 22.2 Å². The highest BCUT2D eigenvalue weighted by atomic mass is 35.7. The predicted molar refractivity (Wildman–Crippen MR) is 71.7 cm³/mol. The van der Waals surface area contributed by atoms with E-state index in [1.165, 1.54) is 12.3 Å². The molecule has 0 fully saturated rings. The van der Waals surface area contributed by atoms with E-state index in [2.05, 4.69) is 20.2 Å². The van der Waals surface area contributed by atoms with Gasteiger partial charge in [0, 0.05) is 22.3 Å². The Morgan fingerprint density at radius 1 is 1.26 bits per heavy atom. The van der Waals surface area contributed by atoms with Crippen molar-refractivity contribution in [2.75, 3.05) is 0 Å². The van der Waals surface area contributed by atoms with Crippen LogP contribution in [0.4, 0.5) is 0 Å². The Morgan fingerprint density at radius 3 is 2.74 bits per heavy atom. The summed E-state index contributed by atoms with van der Waals surface area (Å²) in [5.74, 6) is 0. The molecule has 9 heteroatoms. The van der Waals surface area contributed by atoms with Gasteiger partial charge in [0.2, 0.25) is 0 Å². The molecule has 3 heterocycles. The smallest absolute Gasteiger partial charge is 0.262 e. The quantitative estimate of drug-likeness (QED) is 0.561. The zero-order valence-electron chi connectivity index (χ0n) is 9.18. The zero-order chi connectivity index (χ0) is 13.6. The van der Waals surface area contributed by atoms with Gasteiger partial charge in [-0.25, -0.2) is 13.4 Å². The number of aromatic nitrogens is 4. The van der Waals surface area contributed by atoms with Crippen LogP contribution in [-0.4, -0.2) is 28.6 Å². The molecule has 0 amide bonds. The number of hydrogen-bond donors (Lipinski definition) is 2. The molecule has 0 aliphatic rings. The topological polar surface area (TPSA) is 91.5 Å². The average Bonchev–Trinajstić information content (AvgIpc) is 2.91. The summed E-state index contributed by atoms with van der Waals surface area (Å²) in [5.41, 5.74) is 1.61. The van der Waals surface area contributed by atoms with E-state index in [1.807, 2.05) is 0 Å². The summed E-state index contributed by atoms with van der Waals surface area (Å²) < 4.78 is 22.4. The molecule has 0 bridgehead atoms. The minimum absolute atomic E-state index is 0.00570. The zero-order valence-corrected chi connectivity index (χ0v) is 11.5. The van der Waals surface area contributed by atoms with Gasteiger partial charge < -0.3 is 4.98 Å². The lowest BCUT2D eigenvalue weighted by Crippen LogP contribution is -1.85. The summed E-state index contributed by atoms with van der Waals surface area (Å²) in [6, 6.07) is 4.80. The number of hydrogen-bond acceptors (Lipinski definition) is 4. The number of fused-ring (bicyclic) bond motifs is 1. The Hall–Kier alpha value is -1.57. The Bertz CT molecular complexity index is 869. The van der Waals surface area contributed by atoms with Crippen molar-refractivity contribution in [2.45, 2.75) is 4.90 Å². The molecule has 0 unspecified atom stereocenters. The Labute approximate surface area is 117 Å². The van der Waals surface area contributed by atoms with Gasteiger partial charge in [0.1, 0.15) is 10.0 Å². The van der Waals surface area contributed by atoms with Crippen LogP contribution in [0.1, 0.15) is 0 Å². The molecule has 98 valence electrons. The molecular formula is C10H6Cl2N4O2S. The van der Waals surface area contributed by atoms with Gasteiger partial charge in [0.25, 0.3) is 9.05 Å². The summed E-state index contributed by atoms with van der Waals surface area (Å²) in [6.45, 7) is 0. The molecule has 0 atom stereocenters. The van der Waals surface area contributed by atoms with E-state index in [4.69, 9.17) is 22.3 Å². The SMILES string of the molecule is O=S(=O)(Cl)c1c[nH]c(-c2[nH]nc3nc(Cl)ccc23)c1. The van der Waals surface area contributed by atoms with E-state index in [-0.39, 0.29) is 4.90 Å². The van der Waals surface area contributed by atoms with Crippen molar-refractivity contribution >= 4 is 42.4 Å². The third-order valence-corrected chi connectivity index (χ3v) is 4.14. The highest BCUT2D eigenvalue weighted by Gasteiger charge is 2.16. The molecule has 3 aromatic rings. The minimum Gasteiger partial charge on any atom is -0.359 e. The lowest BCUT2D eigenvalue weighted by Gasteiger charge is -1.94. The van der Waals surface area contributed by atoms with Crippen LogP contribution in [0.15, 0.2) is 29.3 Å². The molecule has 0 spiro atoms. The molecule has 0 aliphatic carbocycles. The molecule has 0 saturated heterocycles. The first-order valence-electron chi connectivity index (χ1n) is 5.09. The van der Waals surface area contributed by atoms with Crippen LogP contribution in [0, 0.1) is 0 Å². The molecule has 0 aromatic carbocycles. The van der Waals surface area contributed by atoms with Crippen LogP contribution < -0.4 is 0 Å². The number of nitrogens with zero attached hydrogens (tertiary/aromatic N) is 2. The largest absolute Gasteiger partial charge is 0.359 e. The van der Waals surface area contributed by atoms with Gasteiger partial charge in [0.05, 0.1) is 11.4 Å². The van der Waals surface area contributed by atoms with Gasteiger partial charge in [-0.3, -0.25) is 5.10 Å². The Morgan fingerprint density at radius 2 is 2.05 bits per heavy atom. The van der Waals surface area contributed by atoms with E-state index in [0.717, 1.165) is 5.39 Å².